The number of nitrogens with zero attached hydrogens (tertiary/aromatic N) is 3. The Bertz CT molecular complexity index is 958. The third kappa shape index (κ3) is 9.02. The fraction of sp³-hybridized carbons (Fsp3) is 0.276. The summed E-state index contributed by atoms with van der Waals surface area (Å²) in [4.78, 5) is 0. The highest BCUT2D eigenvalue weighted by Crippen LogP contribution is 2.20. The molecule has 1 heterocycles. The molecule has 0 aliphatic heterocycles. The van der Waals surface area contributed by atoms with E-state index in [1.807, 2.05) is 0 Å². The summed E-state index contributed by atoms with van der Waals surface area (Å²) in [7, 11) is 0. The van der Waals surface area contributed by atoms with Gasteiger partial charge in [0, 0.05) is 6.07 Å². The molecule has 0 saturated carbocycles. The second-order valence-electron chi connectivity index (χ2n) is 8.28. The second-order valence-corrected chi connectivity index (χ2v) is 8.28. The van der Waals surface area contributed by atoms with Crippen LogP contribution in [0.15, 0.2) is 91.3 Å². The predicted molar refractivity (Wildman–Crippen MR) is 136 cm³/mol. The van der Waals surface area contributed by atoms with E-state index in [0.717, 1.165) is 0 Å². The molecule has 4 aromatic rings. The van der Waals surface area contributed by atoms with Crippen molar-refractivity contribution in [3.63, 3.8) is 0 Å². The lowest BCUT2D eigenvalue weighted by molar-refractivity contribution is 0.450. The number of rotatable bonds is 0. The molecule has 34 heavy (non-hydrogen) atoms. The van der Waals surface area contributed by atoms with E-state index < -0.39 is 0 Å². The molecule has 2 aliphatic carbocycles. The van der Waals surface area contributed by atoms with Gasteiger partial charge in [-0.15, -0.1) is 10.2 Å². The van der Waals surface area contributed by atoms with Crippen molar-refractivity contribution in [2.45, 2.75) is 51.4 Å². The van der Waals surface area contributed by atoms with E-state index in [0.29, 0.717) is 0 Å². The van der Waals surface area contributed by atoms with Crippen LogP contribution in [-0.2, 0) is 25.7 Å². The zero-order valence-electron chi connectivity index (χ0n) is 19.6. The molecule has 0 fully saturated rings. The topological polar surface area (TPSA) is 79.1 Å². The molecular weight excluding hydrogens is 422 g/mol. The van der Waals surface area contributed by atoms with Gasteiger partial charge in [-0.3, -0.25) is 0 Å². The molecule has 2 aliphatic rings. The SMILES string of the molecule is Oc1cccc(O)c1.c1ccc2c(c1)CCCC2.c1ccc2c(c1)CCCC2.c1cnnnc1. The molecule has 2 N–H and O–H groups in total. The molecule has 3 aromatic carbocycles. The van der Waals surface area contributed by atoms with Gasteiger partial charge < -0.3 is 10.2 Å². The Morgan fingerprint density at radius 3 is 1.09 bits per heavy atom. The lowest BCUT2D eigenvalue weighted by Gasteiger charge is -2.13. The predicted octanol–water partition coefficient (Wildman–Crippen LogP) is 6.10. The van der Waals surface area contributed by atoms with Crippen LogP contribution in [0.25, 0.3) is 0 Å². The van der Waals surface area contributed by atoms with Crippen LogP contribution in [0.2, 0.25) is 0 Å². The second kappa shape index (κ2) is 14.4. The van der Waals surface area contributed by atoms with Gasteiger partial charge in [0.25, 0.3) is 0 Å². The number of aryl methyl sites for hydroxylation is 4. The summed E-state index contributed by atoms with van der Waals surface area (Å²) < 4.78 is 0. The molecule has 1 aromatic heterocycles. The quantitative estimate of drug-likeness (QED) is 0.335. The van der Waals surface area contributed by atoms with Crippen LogP contribution in [0.5, 0.6) is 11.5 Å². The maximum atomic E-state index is 8.65. The number of phenolic OH excluding ortho intramolecular Hbond substituents is 2. The molecule has 0 saturated heterocycles. The van der Waals surface area contributed by atoms with Crippen molar-refractivity contribution < 1.29 is 10.2 Å². The van der Waals surface area contributed by atoms with E-state index in [1.165, 1.54) is 69.6 Å². The Labute approximate surface area is 202 Å². The van der Waals surface area contributed by atoms with Crippen molar-refractivity contribution in [2.75, 3.05) is 0 Å². The Hall–Kier alpha value is -3.73. The highest BCUT2D eigenvalue weighted by molar-refractivity contribution is 5.30. The van der Waals surface area contributed by atoms with Crippen LogP contribution < -0.4 is 0 Å². The number of aromatic nitrogens is 3. The maximum Gasteiger partial charge on any atom is 0.119 e. The fourth-order valence-electron chi connectivity index (χ4n) is 4.05. The Morgan fingerprint density at radius 1 is 0.471 bits per heavy atom. The summed E-state index contributed by atoms with van der Waals surface area (Å²) in [6.07, 6.45) is 13.9. The van der Waals surface area contributed by atoms with Crippen LogP contribution in [0.4, 0.5) is 0 Å². The highest BCUT2D eigenvalue weighted by atomic mass is 16.3. The van der Waals surface area contributed by atoms with Gasteiger partial charge in [0.15, 0.2) is 0 Å². The summed E-state index contributed by atoms with van der Waals surface area (Å²) in [5, 5.41) is 27.4. The van der Waals surface area contributed by atoms with Gasteiger partial charge in [-0.1, -0.05) is 54.6 Å². The van der Waals surface area contributed by atoms with Gasteiger partial charge in [-0.25, -0.2) is 0 Å². The third-order valence-corrected chi connectivity index (χ3v) is 5.76. The van der Waals surface area contributed by atoms with E-state index in [-0.39, 0.29) is 11.5 Å². The first kappa shape index (κ1) is 24.9. The summed E-state index contributed by atoms with van der Waals surface area (Å²) in [6.45, 7) is 0. The normalized spacial score (nSPS) is 13.2. The van der Waals surface area contributed by atoms with Crippen molar-refractivity contribution in [1.29, 1.82) is 0 Å². The van der Waals surface area contributed by atoms with E-state index in [1.54, 1.807) is 46.8 Å². The minimum atomic E-state index is 0.0880. The summed E-state index contributed by atoms with van der Waals surface area (Å²) in [5.74, 6) is 0.176. The van der Waals surface area contributed by atoms with Crippen molar-refractivity contribution in [1.82, 2.24) is 15.4 Å². The van der Waals surface area contributed by atoms with Gasteiger partial charge in [0.05, 0.1) is 12.4 Å². The summed E-state index contributed by atoms with van der Waals surface area (Å²) in [5.41, 5.74) is 6.31. The van der Waals surface area contributed by atoms with Gasteiger partial charge in [-0.05, 0) is 97.0 Å². The van der Waals surface area contributed by atoms with Gasteiger partial charge in [-0.2, -0.15) is 0 Å². The Balaban J connectivity index is 0.000000129. The molecule has 0 atom stereocenters. The Kier molecular flexibility index (Phi) is 10.6. The van der Waals surface area contributed by atoms with E-state index in [9.17, 15) is 0 Å². The molecule has 0 bridgehead atoms. The Morgan fingerprint density at radius 2 is 0.853 bits per heavy atom. The van der Waals surface area contributed by atoms with Crippen LogP contribution in [0.1, 0.15) is 47.9 Å². The van der Waals surface area contributed by atoms with E-state index >= 15 is 0 Å². The van der Waals surface area contributed by atoms with Crippen LogP contribution >= 0.6 is 0 Å². The van der Waals surface area contributed by atoms with E-state index in [2.05, 4.69) is 63.9 Å². The summed E-state index contributed by atoms with van der Waals surface area (Å²) >= 11 is 0. The zero-order chi connectivity index (χ0) is 23.8. The van der Waals surface area contributed by atoms with Crippen molar-refractivity contribution in [3.8, 4) is 11.5 Å². The monoisotopic (exact) mass is 455 g/mol. The minimum Gasteiger partial charge on any atom is -0.508 e. The standard InChI is InChI=1S/2C10H12.C6H6O2.C3H3N3/c2*1-2-6-10-8-4-3-7-9(10)5-1;7-5-2-1-3-6(8)4-5;1-2-4-6-5-3-1/h2*1-2,5-6H,3-4,7-8H2;1-4,7-8H;1-3H. The number of hydrogen-bond donors (Lipinski definition) is 2. The first-order valence-electron chi connectivity index (χ1n) is 11.9. The molecule has 0 spiro atoms. The molecular formula is C29H33N3O2. The number of benzene rings is 3. The third-order valence-electron chi connectivity index (χ3n) is 5.76. The molecule has 0 amide bonds. The largest absolute Gasteiger partial charge is 0.508 e. The molecule has 0 radical (unpaired) electrons. The van der Waals surface area contributed by atoms with Crippen molar-refractivity contribution in [3.05, 3.63) is 114 Å². The lowest BCUT2D eigenvalue weighted by Crippen LogP contribution is -2.00. The average molecular weight is 456 g/mol. The summed E-state index contributed by atoms with van der Waals surface area (Å²) in [6, 6.07) is 25.2. The van der Waals surface area contributed by atoms with Gasteiger partial charge in [0.1, 0.15) is 11.5 Å². The van der Waals surface area contributed by atoms with Crippen LogP contribution in [0.3, 0.4) is 0 Å². The lowest BCUT2D eigenvalue weighted by atomic mass is 9.92. The van der Waals surface area contributed by atoms with E-state index in [4.69, 9.17) is 10.2 Å². The smallest absolute Gasteiger partial charge is 0.119 e. The van der Waals surface area contributed by atoms with Crippen LogP contribution in [-0.4, -0.2) is 25.6 Å². The van der Waals surface area contributed by atoms with Crippen molar-refractivity contribution >= 4 is 0 Å². The fourth-order valence-corrected chi connectivity index (χ4v) is 4.05. The van der Waals surface area contributed by atoms with Gasteiger partial charge >= 0.3 is 0 Å². The number of fused-ring (bicyclic) bond motifs is 2. The highest BCUT2D eigenvalue weighted by Gasteiger charge is 2.06. The number of phenols is 2. The zero-order valence-corrected chi connectivity index (χ0v) is 19.6. The maximum absolute atomic E-state index is 8.65. The molecule has 5 heteroatoms. The molecule has 176 valence electrons. The van der Waals surface area contributed by atoms with Gasteiger partial charge in [0.2, 0.25) is 0 Å². The minimum absolute atomic E-state index is 0.0880. The first-order valence-corrected chi connectivity index (χ1v) is 11.9. The molecule has 0 unspecified atom stereocenters. The number of hydrogen-bond acceptors (Lipinski definition) is 5. The first-order chi connectivity index (χ1) is 16.7. The molecule has 5 nitrogen and oxygen atoms in total. The number of aromatic hydroxyl groups is 2. The van der Waals surface area contributed by atoms with Crippen molar-refractivity contribution in [2.24, 2.45) is 0 Å². The van der Waals surface area contributed by atoms with Crippen LogP contribution in [0, 0.1) is 0 Å². The molecule has 6 rings (SSSR count). The average Bonchev–Trinajstić information content (AvgIpc) is 2.91.